The second-order valence-electron chi connectivity index (χ2n) is 3.42. The third-order valence-electron chi connectivity index (χ3n) is 2.04. The van der Waals surface area contributed by atoms with E-state index in [1.807, 2.05) is 24.3 Å². The highest BCUT2D eigenvalue weighted by atomic mass is 79.9. The van der Waals surface area contributed by atoms with Gasteiger partial charge in [-0.1, -0.05) is 34.1 Å². The number of benzene rings is 1. The van der Waals surface area contributed by atoms with Crippen molar-refractivity contribution in [2.45, 2.75) is 19.3 Å². The first-order chi connectivity index (χ1) is 7.99. The molecule has 0 aliphatic carbocycles. The fourth-order valence-electron chi connectivity index (χ4n) is 1.25. The van der Waals surface area contributed by atoms with Gasteiger partial charge < -0.3 is 5.32 Å². The summed E-state index contributed by atoms with van der Waals surface area (Å²) in [7, 11) is 0. The van der Waals surface area contributed by atoms with Crippen LogP contribution in [0.2, 0.25) is 0 Å². The van der Waals surface area contributed by atoms with Crippen LogP contribution in [0.15, 0.2) is 28.7 Å². The van der Waals surface area contributed by atoms with Crippen LogP contribution in [0.4, 0.5) is 13.2 Å². The Morgan fingerprint density at radius 3 is 2.59 bits per heavy atom. The number of hydrogen-bond acceptors (Lipinski definition) is 2. The topological polar surface area (TPSA) is 21.3 Å². The fraction of sp³-hybridized carbons (Fsp3) is 0.455. The van der Waals surface area contributed by atoms with E-state index in [-0.39, 0.29) is 6.61 Å². The van der Waals surface area contributed by atoms with Gasteiger partial charge in [-0.25, -0.2) is 0 Å². The van der Waals surface area contributed by atoms with Gasteiger partial charge in [0.1, 0.15) is 0 Å². The van der Waals surface area contributed by atoms with Crippen molar-refractivity contribution >= 4 is 15.9 Å². The minimum absolute atomic E-state index is 0.313. The van der Waals surface area contributed by atoms with E-state index in [2.05, 4.69) is 26.0 Å². The molecule has 2 nitrogen and oxygen atoms in total. The highest BCUT2D eigenvalue weighted by Gasteiger charge is 2.28. The monoisotopic (exact) mass is 311 g/mol. The summed E-state index contributed by atoms with van der Waals surface area (Å²) >= 11 is 3.39. The van der Waals surface area contributed by atoms with Gasteiger partial charge in [-0.2, -0.15) is 0 Å². The van der Waals surface area contributed by atoms with Gasteiger partial charge >= 0.3 is 6.36 Å². The van der Waals surface area contributed by atoms with Gasteiger partial charge in [0, 0.05) is 11.0 Å². The zero-order valence-electron chi connectivity index (χ0n) is 9.06. The number of ether oxygens (including phenoxy) is 1. The van der Waals surface area contributed by atoms with Crippen molar-refractivity contribution in [3.8, 4) is 0 Å². The van der Waals surface area contributed by atoms with Gasteiger partial charge in [-0.15, -0.1) is 13.2 Å². The summed E-state index contributed by atoms with van der Waals surface area (Å²) < 4.78 is 39.5. The summed E-state index contributed by atoms with van der Waals surface area (Å²) in [5.74, 6) is 0. The third-order valence-corrected chi connectivity index (χ3v) is 2.81. The second-order valence-corrected chi connectivity index (χ2v) is 4.27. The Morgan fingerprint density at radius 1 is 1.24 bits per heavy atom. The van der Waals surface area contributed by atoms with Crippen molar-refractivity contribution < 1.29 is 17.9 Å². The summed E-state index contributed by atoms with van der Waals surface area (Å²) in [5, 5.41) is 3.05. The molecule has 0 unspecified atom stereocenters. The van der Waals surface area contributed by atoms with Crippen LogP contribution in [0.3, 0.4) is 0 Å². The molecule has 0 saturated carbocycles. The van der Waals surface area contributed by atoms with Crippen LogP contribution in [0.5, 0.6) is 0 Å². The Kier molecular flexibility index (Phi) is 5.94. The van der Waals surface area contributed by atoms with Gasteiger partial charge in [0.15, 0.2) is 0 Å². The predicted octanol–water partition coefficient (Wildman–Crippen LogP) is 3.47. The Bertz CT molecular complexity index is 344. The van der Waals surface area contributed by atoms with Crippen LogP contribution in [0, 0.1) is 0 Å². The average Bonchev–Trinajstić information content (AvgIpc) is 2.24. The first kappa shape index (κ1) is 14.5. The Hall–Kier alpha value is -0.590. The van der Waals surface area contributed by atoms with Gasteiger partial charge in [-0.05, 0) is 24.6 Å². The Balaban J connectivity index is 2.11. The van der Waals surface area contributed by atoms with Crippen molar-refractivity contribution in [3.05, 3.63) is 34.3 Å². The van der Waals surface area contributed by atoms with Crippen molar-refractivity contribution in [2.75, 3.05) is 13.2 Å². The van der Waals surface area contributed by atoms with E-state index in [1.54, 1.807) is 0 Å². The third kappa shape index (κ3) is 6.65. The van der Waals surface area contributed by atoms with E-state index in [0.717, 1.165) is 10.0 Å². The zero-order chi connectivity index (χ0) is 12.7. The highest BCUT2D eigenvalue weighted by Crippen LogP contribution is 2.16. The lowest BCUT2D eigenvalue weighted by Gasteiger charge is -2.08. The minimum Gasteiger partial charge on any atom is -0.313 e. The Labute approximate surface area is 106 Å². The van der Waals surface area contributed by atoms with Crippen LogP contribution in [-0.4, -0.2) is 19.5 Å². The van der Waals surface area contributed by atoms with Crippen molar-refractivity contribution in [1.82, 2.24) is 5.32 Å². The number of nitrogens with one attached hydrogen (secondary N) is 1. The normalized spacial score (nSPS) is 11.8. The second kappa shape index (κ2) is 6.98. The maximum atomic E-state index is 11.6. The number of hydrogen-bond donors (Lipinski definition) is 1. The predicted molar refractivity (Wildman–Crippen MR) is 62.5 cm³/mol. The molecular weight excluding hydrogens is 299 g/mol. The summed E-state index contributed by atoms with van der Waals surface area (Å²) in [6.07, 6.45) is -4.20. The summed E-state index contributed by atoms with van der Waals surface area (Å²) in [4.78, 5) is 0. The molecule has 0 spiro atoms. The first-order valence-corrected chi connectivity index (χ1v) is 5.93. The molecule has 0 heterocycles. The van der Waals surface area contributed by atoms with Gasteiger partial charge in [0.05, 0.1) is 6.61 Å². The average molecular weight is 312 g/mol. The van der Waals surface area contributed by atoms with Gasteiger partial charge in [0.25, 0.3) is 0 Å². The van der Waals surface area contributed by atoms with E-state index < -0.39 is 6.36 Å². The van der Waals surface area contributed by atoms with E-state index in [0.29, 0.717) is 19.5 Å². The van der Waals surface area contributed by atoms with Gasteiger partial charge in [0.2, 0.25) is 0 Å². The van der Waals surface area contributed by atoms with E-state index in [4.69, 9.17) is 0 Å². The summed E-state index contributed by atoms with van der Waals surface area (Å²) in [6, 6.07) is 7.69. The smallest absolute Gasteiger partial charge is 0.313 e. The van der Waals surface area contributed by atoms with Crippen LogP contribution >= 0.6 is 15.9 Å². The lowest BCUT2D eigenvalue weighted by molar-refractivity contribution is -0.324. The number of rotatable bonds is 6. The lowest BCUT2D eigenvalue weighted by atomic mass is 10.2. The zero-order valence-corrected chi connectivity index (χ0v) is 10.6. The molecule has 0 atom stereocenters. The molecular formula is C11H13BrF3NO. The molecule has 0 amide bonds. The van der Waals surface area contributed by atoms with Crippen molar-refractivity contribution in [2.24, 2.45) is 0 Å². The molecule has 96 valence electrons. The first-order valence-electron chi connectivity index (χ1n) is 5.14. The molecule has 0 fully saturated rings. The maximum absolute atomic E-state index is 11.6. The lowest BCUT2D eigenvalue weighted by Crippen LogP contribution is -2.20. The fourth-order valence-corrected chi connectivity index (χ4v) is 1.67. The molecule has 0 aliphatic heterocycles. The highest BCUT2D eigenvalue weighted by molar-refractivity contribution is 9.10. The largest absolute Gasteiger partial charge is 0.522 e. The van der Waals surface area contributed by atoms with E-state index in [1.165, 1.54) is 0 Å². The van der Waals surface area contributed by atoms with Crippen LogP contribution in [-0.2, 0) is 11.3 Å². The molecule has 0 radical (unpaired) electrons. The molecule has 0 aromatic heterocycles. The standard InChI is InChI=1S/C11H13BrF3NO/c12-10-5-2-1-4-9(10)8-16-6-3-7-17-11(13,14)15/h1-2,4-5,16H,3,6-8H2. The molecule has 6 heteroatoms. The van der Waals surface area contributed by atoms with Gasteiger partial charge in [-0.3, -0.25) is 4.74 Å². The summed E-state index contributed by atoms with van der Waals surface area (Å²) in [5.41, 5.74) is 1.07. The molecule has 0 saturated heterocycles. The molecule has 1 aromatic carbocycles. The van der Waals surface area contributed by atoms with E-state index in [9.17, 15) is 13.2 Å². The minimum atomic E-state index is -4.53. The molecule has 17 heavy (non-hydrogen) atoms. The maximum Gasteiger partial charge on any atom is 0.522 e. The summed E-state index contributed by atoms with van der Waals surface area (Å²) in [6.45, 7) is 0.789. The van der Waals surface area contributed by atoms with Crippen LogP contribution < -0.4 is 5.32 Å². The van der Waals surface area contributed by atoms with Crippen molar-refractivity contribution in [1.29, 1.82) is 0 Å². The van der Waals surface area contributed by atoms with E-state index >= 15 is 0 Å². The molecule has 1 aromatic rings. The number of alkyl halides is 3. The Morgan fingerprint density at radius 2 is 1.94 bits per heavy atom. The molecule has 0 aliphatic rings. The quantitative estimate of drug-likeness (QED) is 0.812. The number of halogens is 4. The molecule has 0 bridgehead atoms. The SMILES string of the molecule is FC(F)(F)OCCCNCc1ccccc1Br. The molecule has 1 N–H and O–H groups in total. The van der Waals surface area contributed by atoms with Crippen LogP contribution in [0.25, 0.3) is 0 Å². The van der Waals surface area contributed by atoms with Crippen molar-refractivity contribution in [3.63, 3.8) is 0 Å². The van der Waals surface area contributed by atoms with Crippen LogP contribution in [0.1, 0.15) is 12.0 Å². The molecule has 1 rings (SSSR count).